The number of carbonyl (C=O) groups excluding carboxylic acids is 1. The molecule has 1 aliphatic heterocycles. The second-order valence-corrected chi connectivity index (χ2v) is 7.41. The minimum atomic E-state index is 0.0491. The Bertz CT molecular complexity index is 782. The Morgan fingerprint density at radius 3 is 2.77 bits per heavy atom. The largest absolute Gasteiger partial charge is 0.367 e. The molecule has 1 aliphatic carbocycles. The first kappa shape index (κ1) is 16.9. The van der Waals surface area contributed by atoms with E-state index in [1.54, 1.807) is 6.20 Å². The third kappa shape index (κ3) is 3.66. The third-order valence-electron chi connectivity index (χ3n) is 4.79. The minimum absolute atomic E-state index is 0.0491. The topological polar surface area (TPSA) is 85.9 Å². The average Bonchev–Trinajstić information content (AvgIpc) is 3.29. The number of H-pyrrole nitrogens is 1. The number of hydrogen-bond acceptors (Lipinski definition) is 5. The minimum Gasteiger partial charge on any atom is -0.367 e. The molecule has 1 amide bonds. The summed E-state index contributed by atoms with van der Waals surface area (Å²) >= 11 is 0. The summed E-state index contributed by atoms with van der Waals surface area (Å²) < 4.78 is 0. The Labute approximate surface area is 153 Å². The van der Waals surface area contributed by atoms with E-state index in [9.17, 15) is 4.79 Å². The lowest BCUT2D eigenvalue weighted by Gasteiger charge is -2.19. The van der Waals surface area contributed by atoms with Gasteiger partial charge in [-0.15, -0.1) is 0 Å². The highest BCUT2D eigenvalue weighted by Gasteiger charge is 2.27. The number of anilines is 2. The van der Waals surface area contributed by atoms with Crippen molar-refractivity contribution >= 4 is 17.7 Å². The van der Waals surface area contributed by atoms with Crippen LogP contribution in [0.15, 0.2) is 18.3 Å². The number of rotatable bonds is 5. The molecule has 0 radical (unpaired) electrons. The van der Waals surface area contributed by atoms with Gasteiger partial charge in [0.15, 0.2) is 0 Å². The summed E-state index contributed by atoms with van der Waals surface area (Å²) in [5, 5.41) is 6.87. The van der Waals surface area contributed by atoms with E-state index in [0.29, 0.717) is 30.8 Å². The van der Waals surface area contributed by atoms with Crippen LogP contribution in [0.2, 0.25) is 0 Å². The fourth-order valence-corrected chi connectivity index (χ4v) is 3.30. The maximum atomic E-state index is 12.7. The van der Waals surface area contributed by atoms with E-state index in [0.717, 1.165) is 29.9 Å². The van der Waals surface area contributed by atoms with Gasteiger partial charge in [0.05, 0.1) is 5.69 Å². The first-order valence-corrected chi connectivity index (χ1v) is 9.45. The highest BCUT2D eigenvalue weighted by molar-refractivity contribution is 5.92. The van der Waals surface area contributed by atoms with E-state index < -0.39 is 0 Å². The summed E-state index contributed by atoms with van der Waals surface area (Å²) in [7, 11) is 0. The molecule has 4 rings (SSSR count). The molecule has 0 spiro atoms. The van der Waals surface area contributed by atoms with Crippen LogP contribution in [0.4, 0.5) is 11.8 Å². The van der Waals surface area contributed by atoms with Gasteiger partial charge in [-0.25, -0.2) is 4.98 Å². The van der Waals surface area contributed by atoms with E-state index >= 15 is 0 Å². The van der Waals surface area contributed by atoms with Gasteiger partial charge in [-0.3, -0.25) is 4.79 Å². The maximum absolute atomic E-state index is 12.7. The molecular formula is C19H26N6O. The predicted molar refractivity (Wildman–Crippen MR) is 102 cm³/mol. The van der Waals surface area contributed by atoms with Crippen LogP contribution in [0.3, 0.4) is 0 Å². The van der Waals surface area contributed by atoms with Gasteiger partial charge in [-0.2, -0.15) is 4.98 Å². The molecule has 0 saturated heterocycles. The Morgan fingerprint density at radius 2 is 2.08 bits per heavy atom. The van der Waals surface area contributed by atoms with Crippen molar-refractivity contribution < 1.29 is 4.79 Å². The maximum Gasteiger partial charge on any atom is 0.270 e. The molecule has 2 aliphatic rings. The van der Waals surface area contributed by atoms with E-state index in [1.165, 1.54) is 12.8 Å². The van der Waals surface area contributed by atoms with Crippen molar-refractivity contribution in [2.45, 2.75) is 51.6 Å². The van der Waals surface area contributed by atoms with Crippen LogP contribution in [0.1, 0.15) is 48.4 Å². The second-order valence-electron chi connectivity index (χ2n) is 7.41. The number of hydrogen-bond donors (Lipinski definition) is 3. The average molecular weight is 354 g/mol. The van der Waals surface area contributed by atoms with Gasteiger partial charge in [0.2, 0.25) is 5.95 Å². The van der Waals surface area contributed by atoms with Crippen molar-refractivity contribution in [3.8, 4) is 0 Å². The van der Waals surface area contributed by atoms with Crippen LogP contribution in [-0.4, -0.2) is 50.9 Å². The van der Waals surface area contributed by atoms with Crippen LogP contribution < -0.4 is 10.6 Å². The van der Waals surface area contributed by atoms with Gasteiger partial charge in [-0.1, -0.05) is 0 Å². The van der Waals surface area contributed by atoms with E-state index in [2.05, 4.69) is 29.5 Å². The molecule has 7 heteroatoms. The smallest absolute Gasteiger partial charge is 0.270 e. The van der Waals surface area contributed by atoms with E-state index in [4.69, 9.17) is 9.97 Å². The van der Waals surface area contributed by atoms with Crippen molar-refractivity contribution in [1.82, 2.24) is 19.9 Å². The molecule has 1 saturated carbocycles. The molecule has 1 fully saturated rings. The molecule has 138 valence electrons. The zero-order chi connectivity index (χ0) is 18.1. The molecule has 3 heterocycles. The molecule has 2 aromatic heterocycles. The quantitative estimate of drug-likeness (QED) is 0.768. The first-order chi connectivity index (χ1) is 12.6. The van der Waals surface area contributed by atoms with Gasteiger partial charge in [0.25, 0.3) is 5.91 Å². The van der Waals surface area contributed by atoms with Gasteiger partial charge in [0.1, 0.15) is 11.5 Å². The summed E-state index contributed by atoms with van der Waals surface area (Å²) in [6, 6.07) is 4.48. The third-order valence-corrected chi connectivity index (χ3v) is 4.79. The summed E-state index contributed by atoms with van der Waals surface area (Å²) in [4.78, 5) is 27.1. The number of aromatic nitrogens is 3. The zero-order valence-corrected chi connectivity index (χ0v) is 15.4. The molecule has 26 heavy (non-hydrogen) atoms. The summed E-state index contributed by atoms with van der Waals surface area (Å²) in [6.45, 7) is 5.52. The first-order valence-electron chi connectivity index (χ1n) is 9.45. The van der Waals surface area contributed by atoms with Crippen LogP contribution in [0.5, 0.6) is 0 Å². The van der Waals surface area contributed by atoms with Crippen molar-refractivity contribution in [1.29, 1.82) is 0 Å². The van der Waals surface area contributed by atoms with Crippen molar-refractivity contribution in [3.63, 3.8) is 0 Å². The van der Waals surface area contributed by atoms with Crippen LogP contribution in [0.25, 0.3) is 0 Å². The molecule has 2 aromatic rings. The molecule has 3 N–H and O–H groups in total. The lowest BCUT2D eigenvalue weighted by molar-refractivity contribution is 0.0758. The summed E-state index contributed by atoms with van der Waals surface area (Å²) in [6.07, 6.45) is 5.70. The Morgan fingerprint density at radius 1 is 1.27 bits per heavy atom. The molecule has 0 aromatic carbocycles. The lowest BCUT2D eigenvalue weighted by Crippen LogP contribution is -2.33. The zero-order valence-electron chi connectivity index (χ0n) is 15.4. The monoisotopic (exact) mass is 354 g/mol. The standard InChI is InChI=1S/C19H26N6O/c1-12(2)21-19-23-15-8-11-25(18(26)16-4-3-9-20-16)10-7-14(15)17(24-19)22-13-5-6-13/h3-4,9,12-13,20H,5-8,10-11H2,1-2H3,(H2,21,22,23,24). The predicted octanol–water partition coefficient (Wildman–Crippen LogP) is 2.44. The van der Waals surface area contributed by atoms with Crippen molar-refractivity contribution in [2.75, 3.05) is 23.7 Å². The number of nitrogens with zero attached hydrogens (tertiary/aromatic N) is 3. The van der Waals surface area contributed by atoms with Gasteiger partial charge >= 0.3 is 0 Å². The lowest BCUT2D eigenvalue weighted by atomic mass is 10.1. The van der Waals surface area contributed by atoms with Gasteiger partial charge < -0.3 is 20.5 Å². The summed E-state index contributed by atoms with van der Waals surface area (Å²) in [5.74, 6) is 1.66. The van der Waals surface area contributed by atoms with Gasteiger partial charge in [0, 0.05) is 43.4 Å². The number of nitrogens with one attached hydrogen (secondary N) is 3. The normalized spacial score (nSPS) is 17.0. The Balaban J connectivity index is 1.58. The van der Waals surface area contributed by atoms with Crippen LogP contribution in [-0.2, 0) is 12.8 Å². The number of aromatic amines is 1. The molecule has 0 bridgehead atoms. The fraction of sp³-hybridized carbons (Fsp3) is 0.526. The molecule has 0 atom stereocenters. The Hall–Kier alpha value is -2.57. The van der Waals surface area contributed by atoms with Crippen LogP contribution >= 0.6 is 0 Å². The van der Waals surface area contributed by atoms with Crippen LogP contribution in [0, 0.1) is 0 Å². The number of amides is 1. The van der Waals surface area contributed by atoms with E-state index in [-0.39, 0.29) is 11.9 Å². The molecule has 7 nitrogen and oxygen atoms in total. The van der Waals surface area contributed by atoms with Gasteiger partial charge in [-0.05, 0) is 45.2 Å². The fourth-order valence-electron chi connectivity index (χ4n) is 3.30. The molecule has 0 unspecified atom stereocenters. The second kappa shape index (κ2) is 6.97. The molecular weight excluding hydrogens is 328 g/mol. The van der Waals surface area contributed by atoms with Crippen molar-refractivity contribution in [2.24, 2.45) is 0 Å². The highest BCUT2D eigenvalue weighted by Crippen LogP contribution is 2.29. The summed E-state index contributed by atoms with van der Waals surface area (Å²) in [5.41, 5.74) is 2.85. The number of fused-ring (bicyclic) bond motifs is 1. The number of carbonyl (C=O) groups is 1. The van der Waals surface area contributed by atoms with Crippen molar-refractivity contribution in [3.05, 3.63) is 35.3 Å². The highest BCUT2D eigenvalue weighted by atomic mass is 16.2. The van der Waals surface area contributed by atoms with E-state index in [1.807, 2.05) is 17.0 Å². The SMILES string of the molecule is CC(C)Nc1nc2c(c(NC3CC3)n1)CCN(C(=O)c1ccc[nH]1)CC2. The Kier molecular flexibility index (Phi) is 4.53.